The average Bonchev–Trinajstić information content (AvgIpc) is 3.33. The molecule has 6 nitrogen and oxygen atoms in total. The highest BCUT2D eigenvalue weighted by Gasteiger charge is 2.30. The van der Waals surface area contributed by atoms with E-state index < -0.39 is 0 Å². The summed E-state index contributed by atoms with van der Waals surface area (Å²) < 4.78 is 5.24. The summed E-state index contributed by atoms with van der Waals surface area (Å²) in [5.74, 6) is 1.01. The molecule has 0 saturated carbocycles. The zero-order valence-corrected chi connectivity index (χ0v) is 17.8. The average molecular weight is 408 g/mol. The van der Waals surface area contributed by atoms with Gasteiger partial charge in [-0.1, -0.05) is 6.07 Å². The van der Waals surface area contributed by atoms with Gasteiger partial charge in [-0.15, -0.1) is 0 Å². The van der Waals surface area contributed by atoms with Gasteiger partial charge < -0.3 is 14.5 Å². The van der Waals surface area contributed by atoms with Crippen molar-refractivity contribution in [3.63, 3.8) is 0 Å². The van der Waals surface area contributed by atoms with Crippen LogP contribution in [0.5, 0.6) is 5.75 Å². The number of nitrogens with zero attached hydrogens (tertiary/aromatic N) is 3. The van der Waals surface area contributed by atoms with Gasteiger partial charge >= 0.3 is 0 Å². The van der Waals surface area contributed by atoms with Gasteiger partial charge in [-0.2, -0.15) is 0 Å². The van der Waals surface area contributed by atoms with Gasteiger partial charge in [0.05, 0.1) is 18.4 Å². The molecule has 1 aromatic carbocycles. The van der Waals surface area contributed by atoms with Crippen LogP contribution in [0.25, 0.3) is 0 Å². The Morgan fingerprint density at radius 2 is 1.67 bits per heavy atom. The monoisotopic (exact) mass is 407 g/mol. The van der Waals surface area contributed by atoms with Crippen molar-refractivity contribution in [2.75, 3.05) is 33.3 Å². The summed E-state index contributed by atoms with van der Waals surface area (Å²) in [5.41, 5.74) is 3.21. The minimum absolute atomic E-state index is 0.0259. The lowest BCUT2D eigenvalue weighted by molar-refractivity contribution is 0.0706. The molecule has 1 aromatic heterocycles. The third kappa shape index (κ3) is 4.18. The molecule has 0 N–H and O–H groups in total. The minimum atomic E-state index is 0.0259. The van der Waals surface area contributed by atoms with Crippen molar-refractivity contribution >= 4 is 11.8 Å². The highest BCUT2D eigenvalue weighted by atomic mass is 16.5. The Balaban J connectivity index is 1.48. The summed E-state index contributed by atoms with van der Waals surface area (Å²) in [6, 6.07) is 11.1. The first-order valence-electron chi connectivity index (χ1n) is 10.8. The van der Waals surface area contributed by atoms with Gasteiger partial charge in [0.1, 0.15) is 5.75 Å². The number of amides is 2. The van der Waals surface area contributed by atoms with Crippen LogP contribution in [-0.4, -0.2) is 59.9 Å². The molecule has 2 aromatic rings. The molecule has 2 aliphatic heterocycles. The summed E-state index contributed by atoms with van der Waals surface area (Å²) in [4.78, 5) is 34.6. The van der Waals surface area contributed by atoms with Crippen molar-refractivity contribution in [1.82, 2.24) is 14.8 Å². The smallest absolute Gasteiger partial charge is 0.255 e. The van der Waals surface area contributed by atoms with E-state index in [0.29, 0.717) is 24.4 Å². The summed E-state index contributed by atoms with van der Waals surface area (Å²) in [6.45, 7) is 4.95. The normalized spacial score (nSPS) is 17.3. The highest BCUT2D eigenvalue weighted by molar-refractivity contribution is 5.96. The first-order chi connectivity index (χ1) is 14.6. The van der Waals surface area contributed by atoms with Gasteiger partial charge in [0.15, 0.2) is 0 Å². The zero-order valence-electron chi connectivity index (χ0n) is 17.8. The second-order valence-electron chi connectivity index (χ2n) is 8.18. The van der Waals surface area contributed by atoms with Crippen molar-refractivity contribution in [2.45, 2.75) is 38.5 Å². The third-order valence-corrected chi connectivity index (χ3v) is 6.17. The molecular formula is C24H29N3O3. The van der Waals surface area contributed by atoms with E-state index in [-0.39, 0.29) is 17.7 Å². The lowest BCUT2D eigenvalue weighted by Gasteiger charge is -2.33. The van der Waals surface area contributed by atoms with Crippen molar-refractivity contribution in [1.29, 1.82) is 0 Å². The topological polar surface area (TPSA) is 62.7 Å². The van der Waals surface area contributed by atoms with Gasteiger partial charge in [0, 0.05) is 43.4 Å². The fourth-order valence-electron chi connectivity index (χ4n) is 4.45. The Hall–Kier alpha value is -2.89. The standard InChI is InChI=1S/C24H29N3O3/c1-17-8-9-21(24(29)26-12-3-4-13-26)22(25-17)18-10-14-27(15-11-18)23(28)19-6-5-7-20(16-19)30-2/h5-9,16,18H,3-4,10-15H2,1-2H3. The fraction of sp³-hybridized carbons (Fsp3) is 0.458. The maximum absolute atomic E-state index is 13.0. The number of ether oxygens (including phenoxy) is 1. The Kier molecular flexibility index (Phi) is 6.02. The lowest BCUT2D eigenvalue weighted by Crippen LogP contribution is -2.38. The molecule has 0 radical (unpaired) electrons. The maximum Gasteiger partial charge on any atom is 0.255 e. The lowest BCUT2D eigenvalue weighted by atomic mass is 9.89. The number of aryl methyl sites for hydroxylation is 1. The number of pyridine rings is 1. The number of methoxy groups -OCH3 is 1. The maximum atomic E-state index is 13.0. The fourth-order valence-corrected chi connectivity index (χ4v) is 4.45. The summed E-state index contributed by atoms with van der Waals surface area (Å²) in [7, 11) is 1.60. The largest absolute Gasteiger partial charge is 0.497 e. The van der Waals surface area contributed by atoms with Crippen LogP contribution in [0.2, 0.25) is 0 Å². The molecule has 2 amide bonds. The number of carbonyl (C=O) groups is 2. The van der Waals surface area contributed by atoms with E-state index in [1.807, 2.05) is 47.1 Å². The first-order valence-corrected chi connectivity index (χ1v) is 10.8. The number of piperidine rings is 1. The number of carbonyl (C=O) groups excluding carboxylic acids is 2. The van der Waals surface area contributed by atoms with Crippen LogP contribution in [0, 0.1) is 6.92 Å². The molecule has 3 heterocycles. The molecule has 0 bridgehead atoms. The molecule has 0 aliphatic carbocycles. The van der Waals surface area contributed by atoms with E-state index in [2.05, 4.69) is 0 Å². The van der Waals surface area contributed by atoms with Gasteiger partial charge in [-0.3, -0.25) is 14.6 Å². The number of likely N-dealkylation sites (tertiary alicyclic amines) is 2. The number of rotatable bonds is 4. The van der Waals surface area contributed by atoms with Gasteiger partial charge in [0.2, 0.25) is 0 Å². The predicted octanol–water partition coefficient (Wildman–Crippen LogP) is 3.65. The molecule has 0 spiro atoms. The van der Waals surface area contributed by atoms with Crippen LogP contribution >= 0.6 is 0 Å². The van der Waals surface area contributed by atoms with E-state index in [9.17, 15) is 9.59 Å². The number of benzene rings is 1. The summed E-state index contributed by atoms with van der Waals surface area (Å²) in [6.07, 6.45) is 3.77. The van der Waals surface area contributed by atoms with Crippen molar-refractivity contribution in [3.8, 4) is 5.75 Å². The van der Waals surface area contributed by atoms with Crippen LogP contribution < -0.4 is 4.74 Å². The minimum Gasteiger partial charge on any atom is -0.497 e. The molecule has 6 heteroatoms. The SMILES string of the molecule is COc1cccc(C(=O)N2CCC(c3nc(C)ccc3C(=O)N3CCCC3)CC2)c1. The summed E-state index contributed by atoms with van der Waals surface area (Å²) >= 11 is 0. The molecular weight excluding hydrogens is 378 g/mol. The van der Waals surface area contributed by atoms with E-state index >= 15 is 0 Å². The predicted molar refractivity (Wildman–Crippen MR) is 115 cm³/mol. The van der Waals surface area contributed by atoms with E-state index in [1.54, 1.807) is 13.2 Å². The van der Waals surface area contributed by atoms with Gasteiger partial charge in [-0.05, 0) is 62.9 Å². The first kappa shape index (κ1) is 20.4. The molecule has 30 heavy (non-hydrogen) atoms. The highest BCUT2D eigenvalue weighted by Crippen LogP contribution is 2.31. The van der Waals surface area contributed by atoms with Crippen LogP contribution in [-0.2, 0) is 0 Å². The van der Waals surface area contributed by atoms with Crippen molar-refractivity contribution in [2.24, 2.45) is 0 Å². The van der Waals surface area contributed by atoms with Crippen LogP contribution in [0.3, 0.4) is 0 Å². The molecule has 158 valence electrons. The third-order valence-electron chi connectivity index (χ3n) is 6.17. The van der Waals surface area contributed by atoms with Crippen molar-refractivity contribution < 1.29 is 14.3 Å². The van der Waals surface area contributed by atoms with Gasteiger partial charge in [-0.25, -0.2) is 0 Å². The molecule has 2 saturated heterocycles. The second-order valence-corrected chi connectivity index (χ2v) is 8.18. The van der Waals surface area contributed by atoms with E-state index in [4.69, 9.17) is 9.72 Å². The quantitative estimate of drug-likeness (QED) is 0.776. The molecule has 0 atom stereocenters. The Morgan fingerprint density at radius 3 is 2.37 bits per heavy atom. The number of hydrogen-bond donors (Lipinski definition) is 0. The Labute approximate surface area is 177 Å². The zero-order chi connectivity index (χ0) is 21.1. The number of hydrogen-bond acceptors (Lipinski definition) is 4. The van der Waals surface area contributed by atoms with E-state index in [0.717, 1.165) is 55.7 Å². The van der Waals surface area contributed by atoms with Crippen LogP contribution in [0.4, 0.5) is 0 Å². The molecule has 4 rings (SSSR count). The van der Waals surface area contributed by atoms with Crippen LogP contribution in [0.15, 0.2) is 36.4 Å². The summed E-state index contributed by atoms with van der Waals surface area (Å²) in [5, 5.41) is 0. The number of aromatic nitrogens is 1. The van der Waals surface area contributed by atoms with E-state index in [1.165, 1.54) is 0 Å². The Bertz CT molecular complexity index is 929. The second kappa shape index (κ2) is 8.86. The molecule has 2 fully saturated rings. The molecule has 2 aliphatic rings. The van der Waals surface area contributed by atoms with Crippen LogP contribution in [0.1, 0.15) is 63.7 Å². The Morgan fingerprint density at radius 1 is 0.967 bits per heavy atom. The molecule has 0 unspecified atom stereocenters. The van der Waals surface area contributed by atoms with Crippen molar-refractivity contribution in [3.05, 3.63) is 58.9 Å². The van der Waals surface area contributed by atoms with Gasteiger partial charge in [0.25, 0.3) is 11.8 Å².